The summed E-state index contributed by atoms with van der Waals surface area (Å²) in [4.78, 5) is 54.9. The predicted molar refractivity (Wildman–Crippen MR) is 109 cm³/mol. The lowest BCUT2D eigenvalue weighted by Gasteiger charge is -2.14. The van der Waals surface area contributed by atoms with Crippen molar-refractivity contribution in [3.8, 4) is 0 Å². The van der Waals surface area contributed by atoms with E-state index < -0.39 is 22.6 Å². The van der Waals surface area contributed by atoms with E-state index in [1.807, 2.05) is 30.3 Å². The number of benzene rings is 2. The normalized spacial score (nSPS) is 16.4. The van der Waals surface area contributed by atoms with E-state index in [0.717, 1.165) is 26.9 Å². The van der Waals surface area contributed by atoms with Crippen LogP contribution in [0, 0.1) is 0 Å². The van der Waals surface area contributed by atoms with Crippen LogP contribution in [-0.4, -0.2) is 36.9 Å². The van der Waals surface area contributed by atoms with Gasteiger partial charge in [-0.25, -0.2) is 9.66 Å². The second-order valence-electron chi connectivity index (χ2n) is 6.46. The number of imide groups is 1. The molecule has 1 aliphatic heterocycles. The van der Waals surface area contributed by atoms with Gasteiger partial charge in [0.05, 0.1) is 17.4 Å². The van der Waals surface area contributed by atoms with Gasteiger partial charge < -0.3 is 0 Å². The molecule has 146 valence electrons. The lowest BCUT2D eigenvalue weighted by molar-refractivity contribution is -0.129. The fraction of sp³-hybridized carbons (Fsp3) is 0.150. The van der Waals surface area contributed by atoms with E-state index in [1.54, 1.807) is 24.3 Å². The monoisotopic (exact) mass is 408 g/mol. The number of hydrogen-bond acceptors (Lipinski definition) is 6. The Labute approximate surface area is 169 Å². The van der Waals surface area contributed by atoms with Crippen LogP contribution in [0.1, 0.15) is 12.0 Å². The average Bonchev–Trinajstić information content (AvgIpc) is 2.98. The minimum atomic E-state index is -0.824. The largest absolute Gasteiger partial charge is 0.289 e. The van der Waals surface area contributed by atoms with E-state index in [4.69, 9.17) is 0 Å². The highest BCUT2D eigenvalue weighted by atomic mass is 32.2. The van der Waals surface area contributed by atoms with Crippen molar-refractivity contribution in [1.82, 2.24) is 14.6 Å². The van der Waals surface area contributed by atoms with Crippen LogP contribution < -0.4 is 11.0 Å². The van der Waals surface area contributed by atoms with Gasteiger partial charge in [-0.3, -0.25) is 29.5 Å². The van der Waals surface area contributed by atoms with Crippen LogP contribution in [0.2, 0.25) is 0 Å². The molecule has 1 aromatic heterocycles. The Hall–Kier alpha value is -3.46. The Morgan fingerprint density at radius 2 is 1.76 bits per heavy atom. The number of aromatic nitrogens is 2. The third-order valence-corrected chi connectivity index (χ3v) is 5.54. The summed E-state index contributed by atoms with van der Waals surface area (Å²) < 4.78 is 0.984. The molecule has 2 heterocycles. The van der Waals surface area contributed by atoms with E-state index in [1.165, 1.54) is 6.33 Å². The van der Waals surface area contributed by atoms with Gasteiger partial charge in [-0.2, -0.15) is 0 Å². The second kappa shape index (κ2) is 7.88. The standard InChI is InChI=1S/C20H16N4O4S/c25-17(22-24-12-21-15-9-5-4-8-14(15)18(24)26)10-16-19(27)23(20(28)29-16)11-13-6-2-1-3-7-13/h1-9,12,16H,10-11H2,(H,22,25)/t16-/m0/s1. The first-order chi connectivity index (χ1) is 14.0. The van der Waals surface area contributed by atoms with Gasteiger partial charge >= 0.3 is 0 Å². The molecule has 3 amide bonds. The Balaban J connectivity index is 1.44. The Kier molecular flexibility index (Phi) is 5.13. The zero-order valence-corrected chi connectivity index (χ0v) is 16.0. The molecule has 1 saturated heterocycles. The number of nitrogens with zero attached hydrogens (tertiary/aromatic N) is 3. The lowest BCUT2D eigenvalue weighted by Crippen LogP contribution is -2.36. The zero-order chi connectivity index (χ0) is 20.4. The molecule has 9 heteroatoms. The topological polar surface area (TPSA) is 101 Å². The molecule has 4 rings (SSSR count). The van der Waals surface area contributed by atoms with Gasteiger partial charge in [0.1, 0.15) is 11.6 Å². The second-order valence-corrected chi connectivity index (χ2v) is 7.61. The number of thioether (sulfide) groups is 1. The molecule has 0 radical (unpaired) electrons. The van der Waals surface area contributed by atoms with Crippen molar-refractivity contribution in [2.45, 2.75) is 18.2 Å². The van der Waals surface area contributed by atoms with Crippen LogP contribution in [0.25, 0.3) is 10.9 Å². The van der Waals surface area contributed by atoms with Gasteiger partial charge in [-0.1, -0.05) is 54.2 Å². The summed E-state index contributed by atoms with van der Waals surface area (Å²) >= 11 is 0.820. The Morgan fingerprint density at radius 1 is 1.03 bits per heavy atom. The molecule has 1 fully saturated rings. The highest BCUT2D eigenvalue weighted by molar-refractivity contribution is 8.15. The van der Waals surface area contributed by atoms with Gasteiger partial charge in [-0.15, -0.1) is 0 Å². The maximum atomic E-state index is 12.6. The number of para-hydroxylation sites is 1. The molecule has 2 aromatic carbocycles. The van der Waals surface area contributed by atoms with Gasteiger partial charge in [0.25, 0.3) is 10.8 Å². The van der Waals surface area contributed by atoms with Crippen LogP contribution in [0.3, 0.4) is 0 Å². The van der Waals surface area contributed by atoms with E-state index in [2.05, 4.69) is 10.4 Å². The fourth-order valence-corrected chi connectivity index (χ4v) is 4.02. The van der Waals surface area contributed by atoms with Crippen molar-refractivity contribution in [3.63, 3.8) is 0 Å². The summed E-state index contributed by atoms with van der Waals surface area (Å²) in [6.45, 7) is 0.164. The van der Waals surface area contributed by atoms with Crippen molar-refractivity contribution in [1.29, 1.82) is 0 Å². The Bertz CT molecular complexity index is 1160. The first-order valence-electron chi connectivity index (χ1n) is 8.85. The molecule has 0 saturated carbocycles. The van der Waals surface area contributed by atoms with Crippen molar-refractivity contribution < 1.29 is 14.4 Å². The highest BCUT2D eigenvalue weighted by Crippen LogP contribution is 2.30. The van der Waals surface area contributed by atoms with Crippen molar-refractivity contribution >= 4 is 39.7 Å². The lowest BCUT2D eigenvalue weighted by atomic mass is 10.2. The van der Waals surface area contributed by atoms with E-state index in [9.17, 15) is 19.2 Å². The van der Waals surface area contributed by atoms with Gasteiger partial charge in [0.2, 0.25) is 11.8 Å². The molecule has 1 N–H and O–H groups in total. The number of rotatable bonds is 5. The summed E-state index contributed by atoms with van der Waals surface area (Å²) in [6, 6.07) is 15.9. The number of hydrogen-bond donors (Lipinski definition) is 1. The van der Waals surface area contributed by atoms with Crippen LogP contribution in [0.5, 0.6) is 0 Å². The molecule has 1 atom stereocenters. The number of amides is 3. The first-order valence-corrected chi connectivity index (χ1v) is 9.73. The molecule has 1 aliphatic rings. The van der Waals surface area contributed by atoms with Gasteiger partial charge in [0.15, 0.2) is 0 Å². The molecular weight excluding hydrogens is 392 g/mol. The van der Waals surface area contributed by atoms with Crippen LogP contribution in [0.15, 0.2) is 65.7 Å². The van der Waals surface area contributed by atoms with Gasteiger partial charge in [-0.05, 0) is 17.7 Å². The predicted octanol–water partition coefficient (Wildman–Crippen LogP) is 2.12. The van der Waals surface area contributed by atoms with Crippen LogP contribution >= 0.6 is 11.8 Å². The van der Waals surface area contributed by atoms with E-state index in [-0.39, 0.29) is 18.2 Å². The minimum absolute atomic E-state index is 0.164. The molecule has 8 nitrogen and oxygen atoms in total. The SMILES string of the molecule is O=C(C[C@@H]1SC(=O)N(Cc2ccccc2)C1=O)Nn1cnc2ccccc2c1=O. The first kappa shape index (κ1) is 18.9. The maximum absolute atomic E-state index is 12.6. The number of carbonyl (C=O) groups is 3. The van der Waals surface area contributed by atoms with E-state index >= 15 is 0 Å². The fourth-order valence-electron chi connectivity index (χ4n) is 3.03. The van der Waals surface area contributed by atoms with Gasteiger partial charge in [0, 0.05) is 6.42 Å². The molecule has 0 spiro atoms. The summed E-state index contributed by atoms with van der Waals surface area (Å²) in [6.07, 6.45) is 0.999. The highest BCUT2D eigenvalue weighted by Gasteiger charge is 2.40. The summed E-state index contributed by atoms with van der Waals surface area (Å²) in [5.74, 6) is -0.965. The third-order valence-electron chi connectivity index (χ3n) is 4.47. The van der Waals surface area contributed by atoms with Crippen LogP contribution in [-0.2, 0) is 16.1 Å². The molecule has 0 unspecified atom stereocenters. The molecular formula is C20H16N4O4S. The summed E-state index contributed by atoms with van der Waals surface area (Å²) in [5.41, 5.74) is 3.36. The summed E-state index contributed by atoms with van der Waals surface area (Å²) in [7, 11) is 0. The minimum Gasteiger partial charge on any atom is -0.273 e. The van der Waals surface area contributed by atoms with Crippen LogP contribution in [0.4, 0.5) is 4.79 Å². The number of carbonyl (C=O) groups excluding carboxylic acids is 3. The third kappa shape index (κ3) is 3.90. The number of fused-ring (bicyclic) bond motifs is 1. The van der Waals surface area contributed by atoms with Crippen molar-refractivity contribution in [3.05, 3.63) is 76.8 Å². The maximum Gasteiger partial charge on any atom is 0.289 e. The molecule has 0 bridgehead atoms. The quantitative estimate of drug-likeness (QED) is 0.694. The molecule has 0 aliphatic carbocycles. The Morgan fingerprint density at radius 3 is 2.55 bits per heavy atom. The molecule has 3 aromatic rings. The summed E-state index contributed by atoms with van der Waals surface area (Å²) in [5, 5.41) is -0.845. The van der Waals surface area contributed by atoms with Crippen molar-refractivity contribution in [2.24, 2.45) is 0 Å². The zero-order valence-electron chi connectivity index (χ0n) is 15.1. The number of nitrogens with one attached hydrogen (secondary N) is 1. The van der Waals surface area contributed by atoms with Crippen molar-refractivity contribution in [2.75, 3.05) is 5.43 Å². The molecule has 29 heavy (non-hydrogen) atoms. The van der Waals surface area contributed by atoms with E-state index in [0.29, 0.717) is 10.9 Å². The average molecular weight is 408 g/mol. The smallest absolute Gasteiger partial charge is 0.273 e.